The van der Waals surface area contributed by atoms with Crippen LogP contribution in [0, 0.1) is 12.8 Å². The monoisotopic (exact) mass is 314 g/mol. The Kier molecular flexibility index (Phi) is 5.37. The van der Waals surface area contributed by atoms with Gasteiger partial charge in [0.1, 0.15) is 11.5 Å². The Morgan fingerprint density at radius 3 is 2.38 bits per heavy atom. The molecule has 1 aromatic rings. The zero-order valence-electron chi connectivity index (χ0n) is 13.1. The normalized spacial score (nSPS) is 12.6. The summed E-state index contributed by atoms with van der Waals surface area (Å²) in [5, 5.41) is 0. The molecule has 5 nitrogen and oxygen atoms in total. The van der Waals surface area contributed by atoms with E-state index in [0.717, 1.165) is 5.56 Å². The molecule has 0 saturated heterocycles. The van der Waals surface area contributed by atoms with Gasteiger partial charge in [0.2, 0.25) is 0 Å². The van der Waals surface area contributed by atoms with Crippen LogP contribution in [-0.2, 0) is 14.8 Å². The SMILES string of the molecule is Cc1cccc(OP(=O)(O)O)c1C(C)(C)CC(=O)C(C)C. The second kappa shape index (κ2) is 6.30. The van der Waals surface area contributed by atoms with Gasteiger partial charge in [-0.15, -0.1) is 0 Å². The van der Waals surface area contributed by atoms with Gasteiger partial charge in [0.05, 0.1) is 0 Å². The van der Waals surface area contributed by atoms with Crippen molar-refractivity contribution in [2.75, 3.05) is 0 Å². The molecule has 0 heterocycles. The Hall–Kier alpha value is -1.16. The van der Waals surface area contributed by atoms with E-state index in [-0.39, 0.29) is 23.9 Å². The van der Waals surface area contributed by atoms with Crippen molar-refractivity contribution < 1.29 is 23.7 Å². The highest BCUT2D eigenvalue weighted by atomic mass is 31.2. The van der Waals surface area contributed by atoms with Crippen molar-refractivity contribution in [3.05, 3.63) is 29.3 Å². The smallest absolute Gasteiger partial charge is 0.404 e. The number of hydrogen-bond donors (Lipinski definition) is 2. The Morgan fingerprint density at radius 1 is 1.33 bits per heavy atom. The highest BCUT2D eigenvalue weighted by Crippen LogP contribution is 2.44. The van der Waals surface area contributed by atoms with Gasteiger partial charge in [0.25, 0.3) is 0 Å². The topological polar surface area (TPSA) is 83.8 Å². The number of rotatable bonds is 6. The van der Waals surface area contributed by atoms with Gasteiger partial charge in [-0.1, -0.05) is 39.8 Å². The van der Waals surface area contributed by atoms with Crippen molar-refractivity contribution in [1.29, 1.82) is 0 Å². The summed E-state index contributed by atoms with van der Waals surface area (Å²) in [4.78, 5) is 30.1. The maximum Gasteiger partial charge on any atom is 0.524 e. The fourth-order valence-corrected chi connectivity index (χ4v) is 2.85. The molecule has 0 spiro atoms. The molecule has 0 aromatic heterocycles. The Labute approximate surface area is 125 Å². The molecule has 1 rings (SSSR count). The molecule has 118 valence electrons. The largest absolute Gasteiger partial charge is 0.524 e. The molecule has 0 aliphatic carbocycles. The number of benzene rings is 1. The van der Waals surface area contributed by atoms with E-state index < -0.39 is 13.2 Å². The van der Waals surface area contributed by atoms with Crippen molar-refractivity contribution in [1.82, 2.24) is 0 Å². The van der Waals surface area contributed by atoms with Crippen LogP contribution in [0.25, 0.3) is 0 Å². The summed E-state index contributed by atoms with van der Waals surface area (Å²) >= 11 is 0. The Bertz CT molecular complexity index is 571. The van der Waals surface area contributed by atoms with Crippen LogP contribution in [0.1, 0.15) is 45.2 Å². The lowest BCUT2D eigenvalue weighted by molar-refractivity contribution is -0.122. The fraction of sp³-hybridized carbons (Fsp3) is 0.533. The Morgan fingerprint density at radius 2 is 1.90 bits per heavy atom. The predicted molar refractivity (Wildman–Crippen MR) is 81.3 cm³/mol. The van der Waals surface area contributed by atoms with Gasteiger partial charge in [-0.05, 0) is 18.6 Å². The third-order valence-corrected chi connectivity index (χ3v) is 3.82. The first-order valence-electron chi connectivity index (χ1n) is 6.82. The standard InChI is InChI=1S/C15H23O5P/c1-10(2)12(16)9-15(4,5)14-11(3)7-6-8-13(14)20-21(17,18)19/h6-8,10H,9H2,1-5H3,(H2,17,18,19). The maximum atomic E-state index is 12.0. The zero-order valence-corrected chi connectivity index (χ0v) is 14.0. The lowest BCUT2D eigenvalue weighted by Gasteiger charge is -2.29. The van der Waals surface area contributed by atoms with Gasteiger partial charge >= 0.3 is 7.82 Å². The molecule has 0 aliphatic heterocycles. The highest BCUT2D eigenvalue weighted by Gasteiger charge is 2.31. The molecular weight excluding hydrogens is 291 g/mol. The first-order valence-corrected chi connectivity index (χ1v) is 8.35. The minimum absolute atomic E-state index is 0.0838. The highest BCUT2D eigenvalue weighted by molar-refractivity contribution is 7.46. The number of carbonyl (C=O) groups excluding carboxylic acids is 1. The van der Waals surface area contributed by atoms with E-state index in [2.05, 4.69) is 0 Å². The second-order valence-electron chi connectivity index (χ2n) is 6.21. The van der Waals surface area contributed by atoms with Gasteiger partial charge < -0.3 is 4.52 Å². The van der Waals surface area contributed by atoms with Gasteiger partial charge in [0.15, 0.2) is 0 Å². The van der Waals surface area contributed by atoms with Crippen LogP contribution < -0.4 is 4.52 Å². The van der Waals surface area contributed by atoms with E-state index in [1.807, 2.05) is 40.7 Å². The summed E-state index contributed by atoms with van der Waals surface area (Å²) in [6.45, 7) is 9.26. The molecule has 2 N–H and O–H groups in total. The number of Topliss-reactive ketones (excluding diaryl/α,β-unsaturated/α-hetero) is 1. The summed E-state index contributed by atoms with van der Waals surface area (Å²) in [7, 11) is -4.64. The minimum Gasteiger partial charge on any atom is -0.404 e. The molecule has 6 heteroatoms. The third-order valence-electron chi connectivity index (χ3n) is 3.39. The molecule has 0 bridgehead atoms. The van der Waals surface area contributed by atoms with Crippen LogP contribution >= 0.6 is 7.82 Å². The second-order valence-corrected chi connectivity index (χ2v) is 7.38. The first kappa shape index (κ1) is 17.9. The van der Waals surface area contributed by atoms with E-state index in [1.165, 1.54) is 6.07 Å². The molecule has 0 aliphatic rings. The van der Waals surface area contributed by atoms with Crippen molar-refractivity contribution >= 4 is 13.6 Å². The van der Waals surface area contributed by atoms with Crippen LogP contribution in [0.5, 0.6) is 5.75 Å². The predicted octanol–water partition coefficient (Wildman–Crippen LogP) is 3.36. The minimum atomic E-state index is -4.64. The lowest BCUT2D eigenvalue weighted by atomic mass is 9.76. The number of phosphoric acid groups is 1. The Balaban J connectivity index is 3.27. The quantitative estimate of drug-likeness (QED) is 0.787. The maximum absolute atomic E-state index is 12.0. The number of ketones is 1. The van der Waals surface area contributed by atoms with E-state index in [9.17, 15) is 9.36 Å². The molecule has 1 aromatic carbocycles. The molecule has 21 heavy (non-hydrogen) atoms. The van der Waals surface area contributed by atoms with E-state index in [1.54, 1.807) is 6.07 Å². The summed E-state index contributed by atoms with van der Waals surface area (Å²) in [6.07, 6.45) is 0.285. The first-order chi connectivity index (χ1) is 9.44. The fourth-order valence-electron chi connectivity index (χ4n) is 2.44. The number of aryl methyl sites for hydroxylation is 1. The van der Waals surface area contributed by atoms with Crippen LogP contribution in [0.3, 0.4) is 0 Å². The molecule has 0 fully saturated rings. The summed E-state index contributed by atoms with van der Waals surface area (Å²) < 4.78 is 15.9. The van der Waals surface area contributed by atoms with Crippen LogP contribution in [0.2, 0.25) is 0 Å². The van der Waals surface area contributed by atoms with Gasteiger partial charge in [-0.25, -0.2) is 4.57 Å². The molecule has 0 radical (unpaired) electrons. The molecule has 0 unspecified atom stereocenters. The van der Waals surface area contributed by atoms with Crippen molar-refractivity contribution in [3.63, 3.8) is 0 Å². The van der Waals surface area contributed by atoms with Crippen molar-refractivity contribution in [2.45, 2.75) is 46.5 Å². The molecule has 0 saturated carbocycles. The summed E-state index contributed by atoms with van der Waals surface area (Å²) in [5.74, 6) is 0.148. The average Bonchev–Trinajstić information content (AvgIpc) is 2.25. The average molecular weight is 314 g/mol. The van der Waals surface area contributed by atoms with Gasteiger partial charge in [-0.3, -0.25) is 14.6 Å². The number of hydrogen-bond acceptors (Lipinski definition) is 3. The van der Waals surface area contributed by atoms with Gasteiger partial charge in [-0.2, -0.15) is 0 Å². The van der Waals surface area contributed by atoms with E-state index >= 15 is 0 Å². The van der Waals surface area contributed by atoms with E-state index in [4.69, 9.17) is 14.3 Å². The summed E-state index contributed by atoms with van der Waals surface area (Å²) in [5.41, 5.74) is 0.918. The van der Waals surface area contributed by atoms with Crippen molar-refractivity contribution in [3.8, 4) is 5.75 Å². The van der Waals surface area contributed by atoms with Crippen LogP contribution in [-0.4, -0.2) is 15.6 Å². The molecule has 0 amide bonds. The van der Waals surface area contributed by atoms with Crippen molar-refractivity contribution in [2.24, 2.45) is 5.92 Å². The third kappa shape index (κ3) is 4.95. The molecule has 0 atom stereocenters. The zero-order chi connectivity index (χ0) is 16.4. The molecular formula is C15H23O5P. The van der Waals surface area contributed by atoms with Crippen LogP contribution in [0.15, 0.2) is 18.2 Å². The van der Waals surface area contributed by atoms with Gasteiger partial charge in [0, 0.05) is 23.3 Å². The van der Waals surface area contributed by atoms with Crippen LogP contribution in [0.4, 0.5) is 0 Å². The number of phosphoric ester groups is 1. The number of carbonyl (C=O) groups is 1. The van der Waals surface area contributed by atoms with E-state index in [0.29, 0.717) is 5.56 Å². The lowest BCUT2D eigenvalue weighted by Crippen LogP contribution is -2.26. The summed E-state index contributed by atoms with van der Waals surface area (Å²) in [6, 6.07) is 5.02.